The molecule has 1 aliphatic heterocycles. The first kappa shape index (κ1) is 25.5. The molecule has 0 aliphatic carbocycles. The Balaban J connectivity index is 2.49. The van der Waals surface area contributed by atoms with Crippen molar-refractivity contribution in [2.75, 3.05) is 19.1 Å². The molecule has 12 heteroatoms. The van der Waals surface area contributed by atoms with E-state index in [-0.39, 0.29) is 5.57 Å². The number of rotatable bonds is 4. The van der Waals surface area contributed by atoms with E-state index in [9.17, 15) is 33.1 Å². The van der Waals surface area contributed by atoms with Crippen LogP contribution in [0.3, 0.4) is 0 Å². The van der Waals surface area contributed by atoms with Gasteiger partial charge in [0.2, 0.25) is 0 Å². The average molecular weight is 508 g/mol. The fourth-order valence-electron chi connectivity index (χ4n) is 3.68. The number of allylic oxidation sites excluding steroid dienone is 1. The van der Waals surface area contributed by atoms with E-state index in [1.165, 1.54) is 0 Å². The molecule has 1 atom stereocenters. The van der Waals surface area contributed by atoms with Crippen LogP contribution in [-0.4, -0.2) is 31.3 Å². The molecule has 3 N–H and O–H groups in total. The van der Waals surface area contributed by atoms with Crippen molar-refractivity contribution in [2.24, 2.45) is 5.73 Å². The highest BCUT2D eigenvalue weighted by molar-refractivity contribution is 6.32. The van der Waals surface area contributed by atoms with Gasteiger partial charge in [0.25, 0.3) is 0 Å². The number of alkyl halides is 3. The second kappa shape index (κ2) is 9.60. The average Bonchev–Trinajstić information content (AvgIpc) is 2.83. The van der Waals surface area contributed by atoms with E-state index < -0.39 is 63.1 Å². The van der Waals surface area contributed by atoms with Gasteiger partial charge >= 0.3 is 18.1 Å². The van der Waals surface area contributed by atoms with Gasteiger partial charge in [-0.05, 0) is 17.7 Å². The highest BCUT2D eigenvalue weighted by atomic mass is 35.5. The number of carbonyl (C=O) groups is 2. The molecule has 0 saturated carbocycles. The van der Waals surface area contributed by atoms with Gasteiger partial charge < -0.3 is 20.3 Å². The Hall–Kier alpha value is -4.17. The van der Waals surface area contributed by atoms with Crippen molar-refractivity contribution in [1.29, 1.82) is 5.26 Å². The molecule has 2 aromatic rings. The summed E-state index contributed by atoms with van der Waals surface area (Å²) in [6.07, 6.45) is -4.90. The largest absolute Gasteiger partial charge is 0.504 e. The molecule has 0 radical (unpaired) electrons. The predicted octanol–water partition coefficient (Wildman–Crippen LogP) is 3.96. The lowest BCUT2D eigenvalue weighted by molar-refractivity contribution is -0.139. The van der Waals surface area contributed by atoms with E-state index in [0.29, 0.717) is 22.6 Å². The minimum Gasteiger partial charge on any atom is -0.504 e. The number of benzene rings is 2. The van der Waals surface area contributed by atoms with Crippen LogP contribution in [0.15, 0.2) is 65.1 Å². The number of esters is 2. The van der Waals surface area contributed by atoms with Crippen molar-refractivity contribution in [3.05, 3.63) is 81.3 Å². The molecule has 1 aliphatic rings. The van der Waals surface area contributed by atoms with Crippen molar-refractivity contribution in [3.63, 3.8) is 0 Å². The molecule has 3 rings (SSSR count). The number of hydrogen-bond acceptors (Lipinski definition) is 8. The van der Waals surface area contributed by atoms with E-state index >= 15 is 0 Å². The lowest BCUT2D eigenvalue weighted by Crippen LogP contribution is -2.41. The third-order valence-electron chi connectivity index (χ3n) is 5.22. The van der Waals surface area contributed by atoms with Crippen LogP contribution in [0.4, 0.5) is 18.9 Å². The molecule has 0 saturated heterocycles. The molecule has 2 aromatic carbocycles. The maximum absolute atomic E-state index is 13.5. The Morgan fingerprint density at radius 3 is 2.26 bits per heavy atom. The fraction of sp³-hybridized carbons (Fsp3) is 0.174. The monoisotopic (exact) mass is 507 g/mol. The maximum Gasteiger partial charge on any atom is 0.416 e. The van der Waals surface area contributed by atoms with Crippen LogP contribution >= 0.6 is 11.6 Å². The zero-order valence-electron chi connectivity index (χ0n) is 18.2. The van der Waals surface area contributed by atoms with Crippen LogP contribution in [0.25, 0.3) is 0 Å². The van der Waals surface area contributed by atoms with Gasteiger partial charge in [0.15, 0.2) is 5.75 Å². The second-order valence-corrected chi connectivity index (χ2v) is 7.57. The van der Waals surface area contributed by atoms with Crippen molar-refractivity contribution in [1.82, 2.24) is 0 Å². The standard InChI is InChI=1S/C23H17ClF3N3O5/c1-34-21(32)17-16(11-6-4-3-5-7-11)13(10-28)20(29)30(18(17)22(33)35-2)15-9-12(23(25,26)27)8-14(24)19(15)31/h3-9,16,31H,29H2,1-2H3. The summed E-state index contributed by atoms with van der Waals surface area (Å²) < 4.78 is 50.2. The first-order chi connectivity index (χ1) is 16.5. The van der Waals surface area contributed by atoms with Crippen LogP contribution in [0.5, 0.6) is 5.75 Å². The number of halogens is 4. The predicted molar refractivity (Wildman–Crippen MR) is 118 cm³/mol. The number of nitrogens with two attached hydrogens (primary N) is 1. The molecule has 0 spiro atoms. The van der Waals surface area contributed by atoms with Gasteiger partial charge in [-0.1, -0.05) is 41.9 Å². The van der Waals surface area contributed by atoms with Crippen LogP contribution in [0.1, 0.15) is 17.0 Å². The number of hydrogen-bond donors (Lipinski definition) is 2. The van der Waals surface area contributed by atoms with Gasteiger partial charge in [-0.3, -0.25) is 4.90 Å². The number of phenols is 1. The molecule has 0 bridgehead atoms. The van der Waals surface area contributed by atoms with E-state index in [1.807, 2.05) is 6.07 Å². The third-order valence-corrected chi connectivity index (χ3v) is 5.51. The molecule has 1 heterocycles. The van der Waals surface area contributed by atoms with Crippen molar-refractivity contribution >= 4 is 29.2 Å². The number of anilines is 1. The molecule has 0 aromatic heterocycles. The fourth-order valence-corrected chi connectivity index (χ4v) is 3.90. The van der Waals surface area contributed by atoms with Gasteiger partial charge in [0, 0.05) is 0 Å². The Morgan fingerprint density at radius 1 is 1.14 bits per heavy atom. The number of phenolic OH excluding ortho intramolecular Hbond substituents is 1. The van der Waals surface area contributed by atoms with Gasteiger partial charge in [0.1, 0.15) is 11.5 Å². The smallest absolute Gasteiger partial charge is 0.416 e. The Bertz CT molecular complexity index is 1300. The third kappa shape index (κ3) is 4.48. The lowest BCUT2D eigenvalue weighted by Gasteiger charge is -2.36. The summed E-state index contributed by atoms with van der Waals surface area (Å²) in [7, 11) is 1.99. The number of ether oxygens (including phenoxy) is 2. The van der Waals surface area contributed by atoms with E-state index in [0.717, 1.165) is 14.2 Å². The molecule has 182 valence electrons. The zero-order chi connectivity index (χ0) is 26.1. The van der Waals surface area contributed by atoms with Crippen LogP contribution < -0.4 is 10.6 Å². The Morgan fingerprint density at radius 2 is 1.74 bits per heavy atom. The minimum absolute atomic E-state index is 0.294. The molecule has 0 amide bonds. The number of aromatic hydroxyl groups is 1. The molecular weight excluding hydrogens is 491 g/mol. The van der Waals surface area contributed by atoms with E-state index in [4.69, 9.17) is 26.8 Å². The summed E-state index contributed by atoms with van der Waals surface area (Å²) in [5, 5.41) is 19.8. The van der Waals surface area contributed by atoms with E-state index in [1.54, 1.807) is 30.3 Å². The molecule has 8 nitrogen and oxygen atoms in total. The number of methoxy groups -OCH3 is 2. The van der Waals surface area contributed by atoms with Gasteiger partial charge in [-0.15, -0.1) is 0 Å². The highest BCUT2D eigenvalue weighted by Crippen LogP contribution is 2.48. The SMILES string of the molecule is COC(=O)C1=C(C(=O)OC)N(c2cc(C(F)(F)F)cc(Cl)c2O)C(N)=C(C#N)C1c1ccccc1. The van der Waals surface area contributed by atoms with Crippen molar-refractivity contribution in [2.45, 2.75) is 12.1 Å². The summed E-state index contributed by atoms with van der Waals surface area (Å²) >= 11 is 5.85. The van der Waals surface area contributed by atoms with Crippen LogP contribution in [-0.2, 0) is 25.2 Å². The first-order valence-corrected chi connectivity index (χ1v) is 10.1. The van der Waals surface area contributed by atoms with Gasteiger partial charge in [-0.25, -0.2) is 9.59 Å². The van der Waals surface area contributed by atoms with Crippen LogP contribution in [0.2, 0.25) is 5.02 Å². The first-order valence-electron chi connectivity index (χ1n) is 9.73. The number of carbonyl (C=O) groups excluding carboxylic acids is 2. The van der Waals surface area contributed by atoms with Crippen molar-refractivity contribution < 1.29 is 37.3 Å². The van der Waals surface area contributed by atoms with E-state index in [2.05, 4.69) is 0 Å². The molecular formula is C23H17ClF3N3O5. The summed E-state index contributed by atoms with van der Waals surface area (Å²) in [5.41, 5.74) is 3.19. The van der Waals surface area contributed by atoms with Crippen LogP contribution in [0, 0.1) is 11.3 Å². The minimum atomic E-state index is -4.90. The van der Waals surface area contributed by atoms with Gasteiger partial charge in [0.05, 0.1) is 53.6 Å². The molecule has 35 heavy (non-hydrogen) atoms. The summed E-state index contributed by atoms with van der Waals surface area (Å²) in [4.78, 5) is 26.5. The topological polar surface area (TPSA) is 126 Å². The highest BCUT2D eigenvalue weighted by Gasteiger charge is 2.44. The summed E-state index contributed by atoms with van der Waals surface area (Å²) in [6, 6.07) is 10.8. The molecule has 0 fully saturated rings. The van der Waals surface area contributed by atoms with Gasteiger partial charge in [-0.2, -0.15) is 18.4 Å². The summed E-state index contributed by atoms with van der Waals surface area (Å²) in [6.45, 7) is 0. The quantitative estimate of drug-likeness (QED) is 0.595. The Kier molecular flexibility index (Phi) is 6.98. The lowest BCUT2D eigenvalue weighted by atomic mass is 9.81. The zero-order valence-corrected chi connectivity index (χ0v) is 18.9. The molecule has 1 unspecified atom stereocenters. The number of nitriles is 1. The normalized spacial score (nSPS) is 16.1. The second-order valence-electron chi connectivity index (χ2n) is 7.16. The number of nitrogens with zero attached hydrogens (tertiary/aromatic N) is 2. The maximum atomic E-state index is 13.5. The summed E-state index contributed by atoms with van der Waals surface area (Å²) in [5.74, 6) is -4.92. The van der Waals surface area contributed by atoms with Crippen molar-refractivity contribution in [3.8, 4) is 11.8 Å². The Labute approximate surface area is 202 Å².